The molecular formula is C12H7F2NO5S. The minimum absolute atomic E-state index is 0.217. The number of nitro benzene ring substituents is 1. The van der Waals surface area contributed by atoms with Crippen LogP contribution in [0.15, 0.2) is 47.4 Å². The highest BCUT2D eigenvalue weighted by Gasteiger charge is 2.19. The van der Waals surface area contributed by atoms with Crippen molar-refractivity contribution in [3.05, 3.63) is 64.2 Å². The molecule has 0 saturated heterocycles. The Hall–Kier alpha value is -2.55. The van der Waals surface area contributed by atoms with Crippen LogP contribution in [0.25, 0.3) is 0 Å². The maximum atomic E-state index is 13.0. The number of rotatable bonds is 4. The second-order valence-electron chi connectivity index (χ2n) is 3.89. The van der Waals surface area contributed by atoms with Gasteiger partial charge >= 0.3 is 10.1 Å². The minimum Gasteiger partial charge on any atom is -0.379 e. The van der Waals surface area contributed by atoms with Gasteiger partial charge in [-0.1, -0.05) is 0 Å². The van der Waals surface area contributed by atoms with E-state index in [1.807, 2.05) is 0 Å². The van der Waals surface area contributed by atoms with Crippen molar-refractivity contribution in [1.82, 2.24) is 0 Å². The molecule has 0 amide bonds. The van der Waals surface area contributed by atoms with Crippen molar-refractivity contribution in [2.45, 2.75) is 4.90 Å². The second kappa shape index (κ2) is 5.44. The van der Waals surface area contributed by atoms with Gasteiger partial charge in [-0.15, -0.1) is 0 Å². The summed E-state index contributed by atoms with van der Waals surface area (Å²) in [5.41, 5.74) is -0.253. The summed E-state index contributed by atoms with van der Waals surface area (Å²) in [6, 6.07) is 5.92. The Morgan fingerprint density at radius 2 is 1.52 bits per heavy atom. The summed E-state index contributed by atoms with van der Waals surface area (Å²) in [5, 5.41) is 10.5. The van der Waals surface area contributed by atoms with Gasteiger partial charge in [0, 0.05) is 18.2 Å². The molecule has 0 unspecified atom stereocenters. The summed E-state index contributed by atoms with van der Waals surface area (Å²) < 4.78 is 54.3. The van der Waals surface area contributed by atoms with Crippen LogP contribution in [0.4, 0.5) is 14.5 Å². The molecule has 0 heterocycles. The van der Waals surface area contributed by atoms with Crippen LogP contribution in [-0.4, -0.2) is 13.3 Å². The van der Waals surface area contributed by atoms with Crippen molar-refractivity contribution in [2.75, 3.05) is 0 Å². The normalized spacial score (nSPS) is 11.1. The molecule has 0 saturated carbocycles. The molecule has 0 aliphatic heterocycles. The van der Waals surface area contributed by atoms with E-state index in [9.17, 15) is 27.3 Å². The third-order valence-corrected chi connectivity index (χ3v) is 3.60. The predicted molar refractivity (Wildman–Crippen MR) is 67.3 cm³/mol. The van der Waals surface area contributed by atoms with Gasteiger partial charge in [0.15, 0.2) is 0 Å². The Kier molecular flexibility index (Phi) is 3.85. The minimum atomic E-state index is -4.44. The van der Waals surface area contributed by atoms with E-state index in [-0.39, 0.29) is 11.4 Å². The van der Waals surface area contributed by atoms with E-state index in [1.165, 1.54) is 0 Å². The van der Waals surface area contributed by atoms with Gasteiger partial charge in [0.25, 0.3) is 5.69 Å². The van der Waals surface area contributed by atoms with E-state index < -0.39 is 31.6 Å². The number of halogens is 2. The first-order valence-corrected chi connectivity index (χ1v) is 6.84. The van der Waals surface area contributed by atoms with Crippen LogP contribution in [0.5, 0.6) is 5.75 Å². The number of hydrogen-bond acceptors (Lipinski definition) is 5. The summed E-state index contributed by atoms with van der Waals surface area (Å²) in [6.45, 7) is 0. The van der Waals surface area contributed by atoms with E-state index >= 15 is 0 Å². The van der Waals surface area contributed by atoms with Crippen LogP contribution in [0.1, 0.15) is 0 Å². The quantitative estimate of drug-likeness (QED) is 0.492. The van der Waals surface area contributed by atoms with Gasteiger partial charge in [-0.3, -0.25) is 10.1 Å². The van der Waals surface area contributed by atoms with Crippen molar-refractivity contribution in [1.29, 1.82) is 0 Å². The largest absolute Gasteiger partial charge is 0.379 e. The van der Waals surface area contributed by atoms with Crippen molar-refractivity contribution in [3.8, 4) is 5.75 Å². The highest BCUT2D eigenvalue weighted by Crippen LogP contribution is 2.22. The van der Waals surface area contributed by atoms with Gasteiger partial charge in [-0.2, -0.15) is 8.42 Å². The number of nitro groups is 1. The van der Waals surface area contributed by atoms with Crippen molar-refractivity contribution < 1.29 is 26.3 Å². The Labute approximate surface area is 117 Å². The summed E-state index contributed by atoms with van der Waals surface area (Å²) in [5.74, 6) is -2.35. The lowest BCUT2D eigenvalue weighted by molar-refractivity contribution is -0.384. The highest BCUT2D eigenvalue weighted by molar-refractivity contribution is 7.87. The molecule has 110 valence electrons. The Bertz CT molecular complexity index is 770. The first-order chi connectivity index (χ1) is 9.78. The van der Waals surface area contributed by atoms with Crippen molar-refractivity contribution in [3.63, 3.8) is 0 Å². The monoisotopic (exact) mass is 315 g/mol. The predicted octanol–water partition coefficient (Wildman–Crippen LogP) is 2.64. The maximum absolute atomic E-state index is 13.0. The smallest absolute Gasteiger partial charge is 0.339 e. The molecule has 0 aliphatic carbocycles. The molecule has 0 fully saturated rings. The average molecular weight is 315 g/mol. The number of hydrogen-bond donors (Lipinski definition) is 0. The van der Waals surface area contributed by atoms with Crippen molar-refractivity contribution >= 4 is 15.8 Å². The topological polar surface area (TPSA) is 86.5 Å². The van der Waals surface area contributed by atoms with Crippen LogP contribution >= 0.6 is 0 Å². The average Bonchev–Trinajstić information content (AvgIpc) is 2.37. The number of non-ortho nitro benzene ring substituents is 1. The van der Waals surface area contributed by atoms with Crippen LogP contribution in [-0.2, 0) is 10.1 Å². The summed E-state index contributed by atoms with van der Waals surface area (Å²) in [6.07, 6.45) is 0. The standard InChI is InChI=1S/C12H7F2NO5S/c13-8-5-9(14)7-12(6-8)21(18,19)20-11-3-1-10(2-4-11)15(16)17/h1-7H. The van der Waals surface area contributed by atoms with E-state index in [0.717, 1.165) is 24.3 Å². The Morgan fingerprint density at radius 3 is 2.00 bits per heavy atom. The van der Waals surface area contributed by atoms with Crippen LogP contribution < -0.4 is 4.18 Å². The Balaban J connectivity index is 2.30. The highest BCUT2D eigenvalue weighted by atomic mass is 32.2. The van der Waals surface area contributed by atoms with Crippen LogP contribution in [0, 0.1) is 21.7 Å². The fourth-order valence-electron chi connectivity index (χ4n) is 1.47. The summed E-state index contributed by atoms with van der Waals surface area (Å²) in [4.78, 5) is 9.09. The zero-order chi connectivity index (χ0) is 15.6. The van der Waals surface area contributed by atoms with Crippen LogP contribution in [0.2, 0.25) is 0 Å². The van der Waals surface area contributed by atoms with E-state index in [0.29, 0.717) is 18.2 Å². The van der Waals surface area contributed by atoms with Gasteiger partial charge in [0.1, 0.15) is 22.3 Å². The first kappa shape index (κ1) is 14.9. The molecule has 0 spiro atoms. The molecule has 0 radical (unpaired) electrons. The van der Waals surface area contributed by atoms with E-state index in [4.69, 9.17) is 0 Å². The molecular weight excluding hydrogens is 308 g/mol. The lowest BCUT2D eigenvalue weighted by atomic mass is 10.3. The molecule has 0 aliphatic rings. The second-order valence-corrected chi connectivity index (χ2v) is 5.44. The first-order valence-electron chi connectivity index (χ1n) is 5.43. The van der Waals surface area contributed by atoms with Gasteiger partial charge in [0.05, 0.1) is 4.92 Å². The van der Waals surface area contributed by atoms with Gasteiger partial charge in [0.2, 0.25) is 0 Å². The van der Waals surface area contributed by atoms with Crippen LogP contribution in [0.3, 0.4) is 0 Å². The van der Waals surface area contributed by atoms with Gasteiger partial charge in [-0.25, -0.2) is 8.78 Å². The summed E-state index contributed by atoms with van der Waals surface area (Å²) in [7, 11) is -4.44. The molecule has 0 atom stereocenters. The zero-order valence-corrected chi connectivity index (χ0v) is 11.0. The molecule has 2 rings (SSSR count). The fraction of sp³-hybridized carbons (Fsp3) is 0. The van der Waals surface area contributed by atoms with Gasteiger partial charge in [-0.05, 0) is 24.3 Å². The zero-order valence-electron chi connectivity index (χ0n) is 10.2. The molecule has 2 aromatic carbocycles. The maximum Gasteiger partial charge on any atom is 0.339 e. The molecule has 0 bridgehead atoms. The lowest BCUT2D eigenvalue weighted by Gasteiger charge is -2.07. The molecule has 21 heavy (non-hydrogen) atoms. The molecule has 6 nitrogen and oxygen atoms in total. The summed E-state index contributed by atoms with van der Waals surface area (Å²) >= 11 is 0. The molecule has 2 aromatic rings. The number of nitrogens with zero attached hydrogens (tertiary/aromatic N) is 1. The fourth-order valence-corrected chi connectivity index (χ4v) is 2.45. The molecule has 0 aromatic heterocycles. The third kappa shape index (κ3) is 3.51. The van der Waals surface area contributed by atoms with Crippen molar-refractivity contribution in [2.24, 2.45) is 0 Å². The number of benzene rings is 2. The van der Waals surface area contributed by atoms with Gasteiger partial charge < -0.3 is 4.18 Å². The molecule has 0 N–H and O–H groups in total. The Morgan fingerprint density at radius 1 is 1.00 bits per heavy atom. The van der Waals surface area contributed by atoms with E-state index in [1.54, 1.807) is 0 Å². The molecule has 9 heteroatoms. The SMILES string of the molecule is O=[N+]([O-])c1ccc(OS(=O)(=O)c2cc(F)cc(F)c2)cc1. The third-order valence-electron chi connectivity index (χ3n) is 2.38. The van der Waals surface area contributed by atoms with E-state index in [2.05, 4.69) is 4.18 Å². The lowest BCUT2D eigenvalue weighted by Crippen LogP contribution is -2.10.